The number of rotatable bonds is 5. The lowest BCUT2D eigenvalue weighted by Crippen LogP contribution is -2.39. The van der Waals surface area contributed by atoms with Gasteiger partial charge in [-0.05, 0) is 51.0 Å². The van der Waals surface area contributed by atoms with Crippen LogP contribution in [0.25, 0.3) is 0 Å². The molecule has 158 valence electrons. The van der Waals surface area contributed by atoms with Crippen LogP contribution >= 0.6 is 0 Å². The summed E-state index contributed by atoms with van der Waals surface area (Å²) in [6.07, 6.45) is 1.54. The zero-order valence-corrected chi connectivity index (χ0v) is 17.6. The standard InChI is InChI=1S/C20H23FN6O2S/c1-13-10-20(26-25-13)24-19-11-18(22-14(2)23-19)15-4-3-9-27(12-15)30(28,29)17-7-5-16(21)6-8-17/h5-8,10-11,15H,3-4,9,12H2,1-2H3,(H2,22,23,24,25,26)/t15-/m1/s1. The van der Waals surface area contributed by atoms with E-state index in [2.05, 4.69) is 25.5 Å². The van der Waals surface area contributed by atoms with Crippen LogP contribution in [0.2, 0.25) is 0 Å². The molecule has 1 aliphatic heterocycles. The number of aromatic nitrogens is 4. The first-order chi connectivity index (χ1) is 14.3. The Morgan fingerprint density at radius 2 is 1.90 bits per heavy atom. The van der Waals surface area contributed by atoms with Crippen LogP contribution in [0.1, 0.15) is 36.0 Å². The van der Waals surface area contributed by atoms with Gasteiger partial charge in [0.1, 0.15) is 17.5 Å². The van der Waals surface area contributed by atoms with Crippen LogP contribution in [-0.2, 0) is 10.0 Å². The topological polar surface area (TPSA) is 104 Å². The average molecular weight is 431 g/mol. The summed E-state index contributed by atoms with van der Waals surface area (Å²) in [6, 6.07) is 8.64. The second-order valence-corrected chi connectivity index (χ2v) is 9.38. The van der Waals surface area contributed by atoms with Gasteiger partial charge in [0.25, 0.3) is 0 Å². The Morgan fingerprint density at radius 1 is 1.13 bits per heavy atom. The molecule has 0 saturated carbocycles. The molecule has 1 aromatic carbocycles. The normalized spacial score (nSPS) is 17.8. The molecule has 0 spiro atoms. The van der Waals surface area contributed by atoms with Crippen molar-refractivity contribution in [2.75, 3.05) is 18.4 Å². The van der Waals surface area contributed by atoms with E-state index in [0.29, 0.717) is 30.5 Å². The molecule has 30 heavy (non-hydrogen) atoms. The maximum atomic E-state index is 13.2. The van der Waals surface area contributed by atoms with Crippen LogP contribution in [0.15, 0.2) is 41.3 Å². The van der Waals surface area contributed by atoms with Gasteiger partial charge in [-0.15, -0.1) is 0 Å². The molecule has 3 aromatic rings. The molecule has 0 aliphatic carbocycles. The van der Waals surface area contributed by atoms with Crippen molar-refractivity contribution in [2.24, 2.45) is 0 Å². The molecule has 2 N–H and O–H groups in total. The van der Waals surface area contributed by atoms with Crippen LogP contribution < -0.4 is 5.32 Å². The fourth-order valence-electron chi connectivity index (χ4n) is 3.64. The number of benzene rings is 1. The number of anilines is 2. The van der Waals surface area contributed by atoms with E-state index in [1.165, 1.54) is 16.4 Å². The Balaban J connectivity index is 1.56. The number of nitrogens with zero attached hydrogens (tertiary/aromatic N) is 4. The summed E-state index contributed by atoms with van der Waals surface area (Å²) in [6.45, 7) is 4.46. The zero-order valence-electron chi connectivity index (χ0n) is 16.8. The molecule has 1 fully saturated rings. The lowest BCUT2D eigenvalue weighted by Gasteiger charge is -2.31. The first-order valence-corrected chi connectivity index (χ1v) is 11.2. The maximum Gasteiger partial charge on any atom is 0.243 e. The quantitative estimate of drug-likeness (QED) is 0.644. The number of halogens is 1. The highest BCUT2D eigenvalue weighted by Crippen LogP contribution is 2.30. The van der Waals surface area contributed by atoms with Gasteiger partial charge in [-0.2, -0.15) is 9.40 Å². The number of sulfonamides is 1. The molecule has 0 bridgehead atoms. The fourth-order valence-corrected chi connectivity index (χ4v) is 5.16. The Kier molecular flexibility index (Phi) is 5.52. The van der Waals surface area contributed by atoms with Gasteiger partial charge in [0.2, 0.25) is 10.0 Å². The zero-order chi connectivity index (χ0) is 21.3. The summed E-state index contributed by atoms with van der Waals surface area (Å²) in [4.78, 5) is 9.07. The predicted octanol–water partition coefficient (Wildman–Crippen LogP) is 3.27. The van der Waals surface area contributed by atoms with Crippen molar-refractivity contribution < 1.29 is 12.8 Å². The molecule has 1 atom stereocenters. The minimum absolute atomic E-state index is 0.0582. The van der Waals surface area contributed by atoms with Crippen molar-refractivity contribution in [2.45, 2.75) is 37.5 Å². The number of piperidine rings is 1. The third kappa shape index (κ3) is 4.34. The van der Waals surface area contributed by atoms with E-state index in [9.17, 15) is 12.8 Å². The molecule has 1 aliphatic rings. The molecular formula is C20H23FN6O2S. The molecule has 4 rings (SSSR count). The molecule has 8 nitrogen and oxygen atoms in total. The van der Waals surface area contributed by atoms with Crippen LogP contribution in [0.3, 0.4) is 0 Å². The molecule has 10 heteroatoms. The lowest BCUT2D eigenvalue weighted by molar-refractivity contribution is 0.312. The third-order valence-corrected chi connectivity index (χ3v) is 6.95. The maximum absolute atomic E-state index is 13.2. The Labute approximate surface area is 174 Å². The van der Waals surface area contributed by atoms with Gasteiger partial charge in [0, 0.05) is 36.8 Å². The van der Waals surface area contributed by atoms with Crippen LogP contribution in [0.5, 0.6) is 0 Å². The van der Waals surface area contributed by atoms with Crippen LogP contribution in [-0.4, -0.2) is 46.0 Å². The van der Waals surface area contributed by atoms with Crippen molar-refractivity contribution in [3.05, 3.63) is 59.4 Å². The van der Waals surface area contributed by atoms with Crippen molar-refractivity contribution in [1.82, 2.24) is 24.5 Å². The SMILES string of the molecule is Cc1nc(Nc2cc(C)[nH]n2)cc([C@@H]2CCCN(S(=O)(=O)c3ccc(F)cc3)C2)n1. The molecular weight excluding hydrogens is 407 g/mol. The number of H-pyrrole nitrogens is 1. The van der Waals surface area contributed by atoms with E-state index in [1.54, 1.807) is 6.92 Å². The Hall–Kier alpha value is -2.85. The second kappa shape index (κ2) is 8.11. The van der Waals surface area contributed by atoms with Gasteiger partial charge >= 0.3 is 0 Å². The third-order valence-electron chi connectivity index (χ3n) is 5.07. The first-order valence-electron chi connectivity index (χ1n) is 9.71. The summed E-state index contributed by atoms with van der Waals surface area (Å²) in [7, 11) is -3.69. The number of hydrogen-bond acceptors (Lipinski definition) is 6. The van der Waals surface area contributed by atoms with Gasteiger partial charge < -0.3 is 5.32 Å². The highest BCUT2D eigenvalue weighted by molar-refractivity contribution is 7.89. The summed E-state index contributed by atoms with van der Waals surface area (Å²) in [5.74, 6) is 1.34. The minimum Gasteiger partial charge on any atom is -0.323 e. The number of nitrogens with one attached hydrogen (secondary N) is 2. The first kappa shape index (κ1) is 20.4. The van der Waals surface area contributed by atoms with Gasteiger partial charge in [-0.25, -0.2) is 22.8 Å². The minimum atomic E-state index is -3.69. The number of aromatic amines is 1. The van der Waals surface area contributed by atoms with E-state index in [0.717, 1.165) is 36.4 Å². The van der Waals surface area contributed by atoms with E-state index in [-0.39, 0.29) is 10.8 Å². The van der Waals surface area contributed by atoms with Gasteiger partial charge in [0.15, 0.2) is 5.82 Å². The second-order valence-electron chi connectivity index (χ2n) is 7.44. The molecule has 0 radical (unpaired) electrons. The van der Waals surface area contributed by atoms with Gasteiger partial charge in [0.05, 0.1) is 10.6 Å². The Bertz CT molecular complexity index is 1150. The monoisotopic (exact) mass is 430 g/mol. The van der Waals surface area contributed by atoms with Crippen molar-refractivity contribution in [3.63, 3.8) is 0 Å². The van der Waals surface area contributed by atoms with E-state index < -0.39 is 15.8 Å². The molecule has 2 aromatic heterocycles. The number of hydrogen-bond donors (Lipinski definition) is 2. The number of aryl methyl sites for hydroxylation is 2. The highest BCUT2D eigenvalue weighted by atomic mass is 32.2. The molecule has 1 saturated heterocycles. The smallest absolute Gasteiger partial charge is 0.243 e. The van der Waals surface area contributed by atoms with E-state index in [1.807, 2.05) is 19.1 Å². The molecule has 0 amide bonds. The average Bonchev–Trinajstić information content (AvgIpc) is 3.12. The molecule has 3 heterocycles. The van der Waals surface area contributed by atoms with Gasteiger partial charge in [-0.1, -0.05) is 0 Å². The van der Waals surface area contributed by atoms with E-state index in [4.69, 9.17) is 0 Å². The van der Waals surface area contributed by atoms with E-state index >= 15 is 0 Å². The van der Waals surface area contributed by atoms with Crippen LogP contribution in [0, 0.1) is 19.7 Å². The summed E-state index contributed by atoms with van der Waals surface area (Å²) in [5.41, 5.74) is 1.72. The largest absolute Gasteiger partial charge is 0.323 e. The predicted molar refractivity (Wildman–Crippen MR) is 111 cm³/mol. The molecule has 0 unspecified atom stereocenters. The lowest BCUT2D eigenvalue weighted by atomic mass is 9.96. The van der Waals surface area contributed by atoms with Gasteiger partial charge in [-0.3, -0.25) is 5.10 Å². The summed E-state index contributed by atoms with van der Waals surface area (Å²) in [5, 5.41) is 10.2. The van der Waals surface area contributed by atoms with Crippen LogP contribution in [0.4, 0.5) is 16.0 Å². The fraction of sp³-hybridized carbons (Fsp3) is 0.350. The summed E-state index contributed by atoms with van der Waals surface area (Å²) >= 11 is 0. The Morgan fingerprint density at radius 3 is 2.60 bits per heavy atom. The summed E-state index contributed by atoms with van der Waals surface area (Å²) < 4.78 is 40.7. The van der Waals surface area contributed by atoms with Crippen molar-refractivity contribution in [3.8, 4) is 0 Å². The highest BCUT2D eigenvalue weighted by Gasteiger charge is 2.31. The van der Waals surface area contributed by atoms with Crippen molar-refractivity contribution >= 4 is 21.7 Å². The van der Waals surface area contributed by atoms with Crippen molar-refractivity contribution in [1.29, 1.82) is 0 Å².